The maximum Gasteiger partial charge on any atom is 0.309 e. The fourth-order valence-electron chi connectivity index (χ4n) is 4.73. The highest BCUT2D eigenvalue weighted by Gasteiger charge is 2.37. The molecule has 1 aliphatic rings. The number of carboxylic acids is 1. The van der Waals surface area contributed by atoms with Crippen LogP contribution in [0.4, 0.5) is 4.39 Å². The number of nitrogens with zero attached hydrogens (tertiary/aromatic N) is 1. The Morgan fingerprint density at radius 1 is 0.868 bits per heavy atom. The molecule has 1 aliphatic heterocycles. The standard InChI is InChI=1S/C31H32FNO5/c1-31(2,3)22-11-14-24-26(18-22)29(36)33(28(24)35)17-16-25(30(37)38)27(34)15-6-19-4-7-20(8-5-19)21-9-12-23(32)13-10-21/h4-5,7-14,18,25,27,34H,6,15-17H2,1-3H3,(H,37,38)/t25-,27+/m0/s1. The third-order valence-electron chi connectivity index (χ3n) is 7.14. The lowest BCUT2D eigenvalue weighted by Crippen LogP contribution is -2.36. The number of fused-ring (bicyclic) bond motifs is 1. The minimum absolute atomic E-state index is 0.0440. The van der Waals surface area contributed by atoms with Crippen LogP contribution in [0.3, 0.4) is 0 Å². The summed E-state index contributed by atoms with van der Waals surface area (Å²) >= 11 is 0. The molecule has 0 fully saturated rings. The number of aliphatic hydroxyl groups is 1. The average molecular weight is 518 g/mol. The van der Waals surface area contributed by atoms with Gasteiger partial charge in [0.2, 0.25) is 0 Å². The zero-order chi connectivity index (χ0) is 27.6. The molecule has 0 spiro atoms. The summed E-state index contributed by atoms with van der Waals surface area (Å²) in [4.78, 5) is 38.8. The highest BCUT2D eigenvalue weighted by molar-refractivity contribution is 6.21. The molecule has 0 radical (unpaired) electrons. The number of benzene rings is 3. The summed E-state index contributed by atoms with van der Waals surface area (Å²) in [6.07, 6.45) is -0.523. The maximum atomic E-state index is 13.2. The Morgan fingerprint density at radius 3 is 2.03 bits per heavy atom. The highest BCUT2D eigenvalue weighted by Crippen LogP contribution is 2.30. The molecule has 0 saturated carbocycles. The van der Waals surface area contributed by atoms with E-state index in [0.717, 1.165) is 27.2 Å². The lowest BCUT2D eigenvalue weighted by Gasteiger charge is -2.22. The topological polar surface area (TPSA) is 94.9 Å². The van der Waals surface area contributed by atoms with Crippen LogP contribution in [0.25, 0.3) is 11.1 Å². The molecule has 3 aromatic rings. The first-order chi connectivity index (χ1) is 18.0. The number of imide groups is 1. The number of amides is 2. The van der Waals surface area contributed by atoms with Crippen LogP contribution < -0.4 is 0 Å². The van der Waals surface area contributed by atoms with E-state index in [1.807, 2.05) is 51.1 Å². The molecule has 6 nitrogen and oxygen atoms in total. The molecule has 2 atom stereocenters. The zero-order valence-corrected chi connectivity index (χ0v) is 21.8. The maximum absolute atomic E-state index is 13.2. The number of aliphatic hydroxyl groups excluding tert-OH is 1. The lowest BCUT2D eigenvalue weighted by atomic mass is 9.85. The van der Waals surface area contributed by atoms with Crippen LogP contribution in [-0.4, -0.2) is 45.5 Å². The van der Waals surface area contributed by atoms with E-state index >= 15 is 0 Å². The normalized spacial score (nSPS) is 14.9. The molecule has 0 aliphatic carbocycles. The Bertz CT molecular complexity index is 1340. The second-order valence-electron chi connectivity index (χ2n) is 10.8. The Morgan fingerprint density at radius 2 is 1.45 bits per heavy atom. The van der Waals surface area contributed by atoms with Crippen LogP contribution in [0.5, 0.6) is 0 Å². The van der Waals surface area contributed by atoms with Gasteiger partial charge in [0.25, 0.3) is 11.8 Å². The van der Waals surface area contributed by atoms with Crippen molar-refractivity contribution in [3.63, 3.8) is 0 Å². The van der Waals surface area contributed by atoms with Crippen molar-refractivity contribution in [3.8, 4) is 11.1 Å². The van der Waals surface area contributed by atoms with Gasteiger partial charge >= 0.3 is 5.97 Å². The van der Waals surface area contributed by atoms with Crippen molar-refractivity contribution in [3.05, 3.63) is 94.8 Å². The van der Waals surface area contributed by atoms with Gasteiger partial charge < -0.3 is 10.2 Å². The largest absolute Gasteiger partial charge is 0.481 e. The van der Waals surface area contributed by atoms with Crippen molar-refractivity contribution in [1.29, 1.82) is 0 Å². The fraction of sp³-hybridized carbons (Fsp3) is 0.323. The van der Waals surface area contributed by atoms with Crippen molar-refractivity contribution >= 4 is 17.8 Å². The Balaban J connectivity index is 1.36. The van der Waals surface area contributed by atoms with E-state index in [0.29, 0.717) is 17.5 Å². The van der Waals surface area contributed by atoms with E-state index in [2.05, 4.69) is 0 Å². The van der Waals surface area contributed by atoms with Crippen LogP contribution in [-0.2, 0) is 16.6 Å². The smallest absolute Gasteiger partial charge is 0.309 e. The number of hydrogen-bond acceptors (Lipinski definition) is 4. The molecule has 198 valence electrons. The first kappa shape index (κ1) is 27.2. The minimum Gasteiger partial charge on any atom is -0.481 e. The van der Waals surface area contributed by atoms with Crippen LogP contribution in [0, 0.1) is 11.7 Å². The summed E-state index contributed by atoms with van der Waals surface area (Å²) in [5.41, 5.74) is 4.13. The molecule has 0 aromatic heterocycles. The third kappa shape index (κ3) is 5.83. The Hall–Kier alpha value is -3.84. The van der Waals surface area contributed by atoms with Gasteiger partial charge in [-0.05, 0) is 71.2 Å². The van der Waals surface area contributed by atoms with E-state index in [1.54, 1.807) is 24.3 Å². The number of carbonyl (C=O) groups excluding carboxylic acids is 2. The summed E-state index contributed by atoms with van der Waals surface area (Å²) in [7, 11) is 0. The molecule has 7 heteroatoms. The second kappa shape index (κ2) is 10.9. The van der Waals surface area contributed by atoms with Gasteiger partial charge in [-0.15, -0.1) is 0 Å². The van der Waals surface area contributed by atoms with Gasteiger partial charge in [0.05, 0.1) is 23.1 Å². The Kier molecular flexibility index (Phi) is 7.78. The number of carbonyl (C=O) groups is 3. The molecule has 1 heterocycles. The van der Waals surface area contributed by atoms with Crippen LogP contribution >= 0.6 is 0 Å². The van der Waals surface area contributed by atoms with Gasteiger partial charge in [0.15, 0.2) is 0 Å². The van der Waals surface area contributed by atoms with Crippen molar-refractivity contribution in [2.24, 2.45) is 5.92 Å². The summed E-state index contributed by atoms with van der Waals surface area (Å²) in [6.45, 7) is 5.98. The van der Waals surface area contributed by atoms with Gasteiger partial charge in [-0.25, -0.2) is 4.39 Å². The van der Waals surface area contributed by atoms with Gasteiger partial charge in [-0.3, -0.25) is 19.3 Å². The van der Waals surface area contributed by atoms with Gasteiger partial charge in [-0.2, -0.15) is 0 Å². The summed E-state index contributed by atoms with van der Waals surface area (Å²) in [6, 6.07) is 19.0. The molecule has 0 bridgehead atoms. The van der Waals surface area contributed by atoms with Crippen molar-refractivity contribution < 1.29 is 29.0 Å². The van der Waals surface area contributed by atoms with Crippen molar-refractivity contribution in [2.45, 2.75) is 51.6 Å². The van der Waals surface area contributed by atoms with E-state index in [9.17, 15) is 29.0 Å². The predicted octanol–water partition coefficient (Wildman–Crippen LogP) is 5.47. The molecule has 2 amide bonds. The van der Waals surface area contributed by atoms with Gasteiger partial charge in [-0.1, -0.05) is 63.2 Å². The third-order valence-corrected chi connectivity index (χ3v) is 7.14. The molecular formula is C31H32FNO5. The van der Waals surface area contributed by atoms with Crippen LogP contribution in [0.15, 0.2) is 66.7 Å². The molecule has 38 heavy (non-hydrogen) atoms. The molecule has 0 saturated heterocycles. The van der Waals surface area contributed by atoms with E-state index in [4.69, 9.17) is 0 Å². The van der Waals surface area contributed by atoms with E-state index in [-0.39, 0.29) is 30.6 Å². The van der Waals surface area contributed by atoms with Crippen LogP contribution in [0.2, 0.25) is 0 Å². The number of halogens is 1. The molecule has 3 aromatic carbocycles. The summed E-state index contributed by atoms with van der Waals surface area (Å²) < 4.78 is 13.2. The average Bonchev–Trinajstić information content (AvgIpc) is 3.12. The number of aliphatic carboxylic acids is 1. The van der Waals surface area contributed by atoms with Gasteiger partial charge in [0.1, 0.15) is 5.82 Å². The van der Waals surface area contributed by atoms with Crippen molar-refractivity contribution in [1.82, 2.24) is 4.90 Å². The SMILES string of the molecule is CC(C)(C)c1ccc2c(c1)C(=O)N(CC[C@H](C(=O)O)[C@H](O)CCc1ccc(-c3ccc(F)cc3)cc1)C2=O. The Labute approximate surface area is 221 Å². The minimum atomic E-state index is -1.17. The number of rotatable bonds is 9. The van der Waals surface area contributed by atoms with Crippen molar-refractivity contribution in [2.75, 3.05) is 6.54 Å². The lowest BCUT2D eigenvalue weighted by molar-refractivity contribution is -0.146. The molecule has 0 unspecified atom stereocenters. The number of hydrogen-bond donors (Lipinski definition) is 2. The summed E-state index contributed by atoms with van der Waals surface area (Å²) in [5.74, 6) is -3.47. The monoisotopic (exact) mass is 517 g/mol. The number of aryl methyl sites for hydroxylation is 1. The quantitative estimate of drug-likeness (QED) is 0.367. The first-order valence-corrected chi connectivity index (χ1v) is 12.7. The van der Waals surface area contributed by atoms with E-state index in [1.165, 1.54) is 12.1 Å². The molecule has 4 rings (SSSR count). The van der Waals surface area contributed by atoms with Crippen LogP contribution in [0.1, 0.15) is 65.5 Å². The summed E-state index contributed by atoms with van der Waals surface area (Å²) in [5, 5.41) is 20.5. The molecular weight excluding hydrogens is 485 g/mol. The van der Waals surface area contributed by atoms with E-state index < -0.39 is 29.8 Å². The second-order valence-corrected chi connectivity index (χ2v) is 10.8. The highest BCUT2D eigenvalue weighted by atomic mass is 19.1. The molecule has 2 N–H and O–H groups in total. The first-order valence-electron chi connectivity index (χ1n) is 12.7. The number of carboxylic acid groups (broad SMARTS) is 1. The fourth-order valence-corrected chi connectivity index (χ4v) is 4.73. The predicted molar refractivity (Wildman–Crippen MR) is 142 cm³/mol. The zero-order valence-electron chi connectivity index (χ0n) is 21.8. The van der Waals surface area contributed by atoms with Gasteiger partial charge in [0, 0.05) is 6.54 Å².